The average molecular weight is 300 g/mol. The van der Waals surface area contributed by atoms with Gasteiger partial charge in [0.15, 0.2) is 0 Å². The Morgan fingerprint density at radius 1 is 0.944 bits per heavy atom. The first-order valence-corrected chi connectivity index (χ1v) is 6.37. The fourth-order valence-corrected chi connectivity index (χ4v) is 2.75. The first-order chi connectivity index (χ1) is 8.77. The number of pyridine rings is 1. The molecule has 0 aliphatic rings. The smallest absolute Gasteiger partial charge is 0.123 e. The molecule has 1 N–H and O–H groups in total. The number of hydrogen-bond acceptors (Lipinski definition) is 2. The van der Waals surface area contributed by atoms with Gasteiger partial charge >= 0.3 is 0 Å². The molecule has 0 unspecified atom stereocenters. The molecule has 0 radical (unpaired) electrons. The van der Waals surface area contributed by atoms with Gasteiger partial charge in [-0.3, -0.25) is 4.98 Å². The zero-order chi connectivity index (χ0) is 12.5. The summed E-state index contributed by atoms with van der Waals surface area (Å²) in [6.07, 6.45) is 3.59. The summed E-state index contributed by atoms with van der Waals surface area (Å²) in [6.45, 7) is 0. The molecule has 0 aliphatic carbocycles. The van der Waals surface area contributed by atoms with E-state index in [1.165, 1.54) is 0 Å². The first kappa shape index (κ1) is 11.2. The first-order valence-electron chi connectivity index (χ1n) is 5.58. The zero-order valence-corrected chi connectivity index (χ0v) is 11.1. The van der Waals surface area contributed by atoms with E-state index in [0.717, 1.165) is 26.4 Å². The number of aromatic hydroxyl groups is 1. The molecule has 88 valence electrons. The number of fused-ring (bicyclic) bond motifs is 1. The fraction of sp³-hybridized carbons (Fsp3) is 0. The van der Waals surface area contributed by atoms with Crippen LogP contribution in [0.1, 0.15) is 0 Å². The van der Waals surface area contributed by atoms with Crippen molar-refractivity contribution in [3.05, 3.63) is 59.3 Å². The second-order valence-corrected chi connectivity index (χ2v) is 4.83. The largest absolute Gasteiger partial charge is 0.507 e. The highest BCUT2D eigenvalue weighted by molar-refractivity contribution is 9.10. The number of para-hydroxylation sites is 1. The second kappa shape index (κ2) is 4.42. The van der Waals surface area contributed by atoms with E-state index in [1.54, 1.807) is 12.3 Å². The summed E-state index contributed by atoms with van der Waals surface area (Å²) in [7, 11) is 0. The third-order valence-electron chi connectivity index (χ3n) is 2.95. The quantitative estimate of drug-likeness (QED) is 0.724. The van der Waals surface area contributed by atoms with Crippen LogP contribution in [0.25, 0.3) is 21.9 Å². The Balaban J connectivity index is 2.31. The van der Waals surface area contributed by atoms with Crippen molar-refractivity contribution in [3.63, 3.8) is 0 Å². The number of benzene rings is 2. The van der Waals surface area contributed by atoms with Crippen LogP contribution in [0.15, 0.2) is 59.3 Å². The molecule has 0 atom stereocenters. The maximum atomic E-state index is 9.93. The lowest BCUT2D eigenvalue weighted by molar-refractivity contribution is 0.477. The van der Waals surface area contributed by atoms with Crippen LogP contribution in [-0.2, 0) is 0 Å². The minimum atomic E-state index is 0.284. The van der Waals surface area contributed by atoms with Crippen molar-refractivity contribution in [2.24, 2.45) is 0 Å². The average Bonchev–Trinajstić information content (AvgIpc) is 2.41. The molecule has 1 aromatic heterocycles. The molecule has 2 nitrogen and oxygen atoms in total. The van der Waals surface area contributed by atoms with Gasteiger partial charge in [-0.25, -0.2) is 0 Å². The molecule has 0 saturated heterocycles. The fourth-order valence-electron chi connectivity index (χ4n) is 2.04. The molecule has 3 rings (SSSR count). The van der Waals surface area contributed by atoms with Gasteiger partial charge in [0.1, 0.15) is 5.75 Å². The van der Waals surface area contributed by atoms with Crippen molar-refractivity contribution in [1.82, 2.24) is 4.98 Å². The van der Waals surface area contributed by atoms with E-state index in [1.807, 2.05) is 42.6 Å². The molecule has 18 heavy (non-hydrogen) atoms. The Bertz CT molecular complexity index is 725. The van der Waals surface area contributed by atoms with Crippen LogP contribution in [0, 0.1) is 0 Å². The van der Waals surface area contributed by atoms with Crippen LogP contribution in [0.2, 0.25) is 0 Å². The van der Waals surface area contributed by atoms with Crippen molar-refractivity contribution in [2.75, 3.05) is 0 Å². The molecule has 1 heterocycles. The van der Waals surface area contributed by atoms with Gasteiger partial charge in [-0.15, -0.1) is 0 Å². The highest BCUT2D eigenvalue weighted by Crippen LogP contribution is 2.37. The van der Waals surface area contributed by atoms with Crippen LogP contribution in [-0.4, -0.2) is 10.1 Å². The Labute approximate surface area is 113 Å². The van der Waals surface area contributed by atoms with Crippen molar-refractivity contribution in [3.8, 4) is 16.9 Å². The highest BCUT2D eigenvalue weighted by atomic mass is 79.9. The molecular formula is C15H10BrNO. The lowest BCUT2D eigenvalue weighted by Crippen LogP contribution is -1.84. The molecule has 3 heteroatoms. The van der Waals surface area contributed by atoms with Crippen LogP contribution >= 0.6 is 15.9 Å². The molecule has 0 amide bonds. The Hall–Kier alpha value is -1.87. The van der Waals surface area contributed by atoms with Gasteiger partial charge in [-0.2, -0.15) is 0 Å². The molecule has 0 bridgehead atoms. The number of phenolic OH excluding ortho intramolecular Hbond substituents is 1. The van der Waals surface area contributed by atoms with Gasteiger partial charge < -0.3 is 5.11 Å². The van der Waals surface area contributed by atoms with E-state index in [4.69, 9.17) is 0 Å². The molecule has 0 spiro atoms. The lowest BCUT2D eigenvalue weighted by atomic mass is 10.0. The maximum absolute atomic E-state index is 9.93. The number of rotatable bonds is 1. The van der Waals surface area contributed by atoms with E-state index in [9.17, 15) is 5.11 Å². The van der Waals surface area contributed by atoms with Gasteiger partial charge in [-0.05, 0) is 33.4 Å². The maximum Gasteiger partial charge on any atom is 0.123 e. The monoisotopic (exact) mass is 299 g/mol. The number of hydrogen-bond donors (Lipinski definition) is 1. The summed E-state index contributed by atoms with van der Waals surface area (Å²) < 4.78 is 0.976. The Morgan fingerprint density at radius 2 is 1.78 bits per heavy atom. The minimum absolute atomic E-state index is 0.284. The Kier molecular flexibility index (Phi) is 2.76. The summed E-state index contributed by atoms with van der Waals surface area (Å²) in [4.78, 5) is 4.10. The van der Waals surface area contributed by atoms with Crippen LogP contribution in [0.5, 0.6) is 5.75 Å². The minimum Gasteiger partial charge on any atom is -0.507 e. The van der Waals surface area contributed by atoms with E-state index in [0.29, 0.717) is 0 Å². The third-order valence-corrected chi connectivity index (χ3v) is 3.80. The topological polar surface area (TPSA) is 33.1 Å². The van der Waals surface area contributed by atoms with Crippen LogP contribution in [0.3, 0.4) is 0 Å². The van der Waals surface area contributed by atoms with Gasteiger partial charge in [-0.1, -0.05) is 30.3 Å². The summed E-state index contributed by atoms with van der Waals surface area (Å²) in [6, 6.07) is 13.3. The zero-order valence-electron chi connectivity index (χ0n) is 9.47. The SMILES string of the molecule is Oc1ccccc1-c1ccc2cnccc2c1Br. The van der Waals surface area contributed by atoms with E-state index in [-0.39, 0.29) is 5.75 Å². The van der Waals surface area contributed by atoms with E-state index in [2.05, 4.69) is 20.9 Å². The van der Waals surface area contributed by atoms with Gasteiger partial charge in [0.05, 0.1) is 0 Å². The van der Waals surface area contributed by atoms with Crippen LogP contribution < -0.4 is 0 Å². The normalized spacial score (nSPS) is 10.7. The van der Waals surface area contributed by atoms with Gasteiger partial charge in [0, 0.05) is 33.4 Å². The molecule has 3 aromatic rings. The predicted octanol–water partition coefficient (Wildman–Crippen LogP) is 4.37. The molecule has 0 aliphatic heterocycles. The highest BCUT2D eigenvalue weighted by Gasteiger charge is 2.09. The Morgan fingerprint density at radius 3 is 2.61 bits per heavy atom. The lowest BCUT2D eigenvalue weighted by Gasteiger charge is -2.09. The van der Waals surface area contributed by atoms with E-state index >= 15 is 0 Å². The number of aromatic nitrogens is 1. The predicted molar refractivity (Wildman–Crippen MR) is 76.5 cm³/mol. The van der Waals surface area contributed by atoms with Gasteiger partial charge in [0.2, 0.25) is 0 Å². The summed E-state index contributed by atoms with van der Waals surface area (Å²) in [5.41, 5.74) is 1.80. The summed E-state index contributed by atoms with van der Waals surface area (Å²) >= 11 is 3.61. The summed E-state index contributed by atoms with van der Waals surface area (Å²) in [5, 5.41) is 12.1. The number of halogens is 1. The number of nitrogens with zero attached hydrogens (tertiary/aromatic N) is 1. The van der Waals surface area contributed by atoms with Crippen molar-refractivity contribution in [1.29, 1.82) is 0 Å². The van der Waals surface area contributed by atoms with Crippen molar-refractivity contribution in [2.45, 2.75) is 0 Å². The molecular weight excluding hydrogens is 290 g/mol. The second-order valence-electron chi connectivity index (χ2n) is 4.04. The molecule has 0 fully saturated rings. The molecule has 2 aromatic carbocycles. The standard InChI is InChI=1S/C15H10BrNO/c16-15-11-7-8-17-9-10(11)5-6-13(15)12-3-1-2-4-14(12)18/h1-9,18H. The van der Waals surface area contributed by atoms with Gasteiger partial charge in [0.25, 0.3) is 0 Å². The summed E-state index contributed by atoms with van der Waals surface area (Å²) in [5.74, 6) is 0.284. The number of phenols is 1. The third kappa shape index (κ3) is 1.77. The van der Waals surface area contributed by atoms with Crippen molar-refractivity contribution >= 4 is 26.7 Å². The molecule has 0 saturated carbocycles. The van der Waals surface area contributed by atoms with Crippen LogP contribution in [0.4, 0.5) is 0 Å². The van der Waals surface area contributed by atoms with Crippen molar-refractivity contribution < 1.29 is 5.11 Å². The van der Waals surface area contributed by atoms with E-state index < -0.39 is 0 Å².